The van der Waals surface area contributed by atoms with E-state index in [1.54, 1.807) is 0 Å². The van der Waals surface area contributed by atoms with Gasteiger partial charge in [0, 0.05) is 5.54 Å². The van der Waals surface area contributed by atoms with Gasteiger partial charge in [-0.3, -0.25) is 5.32 Å². The first-order valence-electron chi connectivity index (χ1n) is 10.3. The second-order valence-electron chi connectivity index (χ2n) is 8.99. The van der Waals surface area contributed by atoms with Crippen LogP contribution in [0.4, 0.5) is 0 Å². The second kappa shape index (κ2) is 10.9. The number of hydrogen-bond donors (Lipinski definition) is 1. The highest BCUT2D eigenvalue weighted by Gasteiger charge is 2.23. The molecule has 2 rings (SSSR count). The Balaban J connectivity index is 0.00000392. The molecular weight excluding hydrogens is 366 g/mol. The molecule has 0 aliphatic carbocycles. The molecule has 0 heterocycles. The van der Waals surface area contributed by atoms with Gasteiger partial charge >= 0.3 is 0 Å². The highest BCUT2D eigenvalue weighted by Crippen LogP contribution is 2.29. The van der Waals surface area contributed by atoms with Crippen molar-refractivity contribution in [1.29, 1.82) is 0 Å². The largest absolute Gasteiger partial charge is 0.475 e. The van der Waals surface area contributed by atoms with E-state index >= 15 is 0 Å². The van der Waals surface area contributed by atoms with Crippen LogP contribution in [0.15, 0.2) is 48.5 Å². The molecule has 0 radical (unpaired) electrons. The van der Waals surface area contributed by atoms with Crippen molar-refractivity contribution in [3.63, 3.8) is 0 Å². The maximum Gasteiger partial charge on any atom is 0.148 e. The molecule has 1 atom stereocenters. The maximum atomic E-state index is 6.41. The fourth-order valence-corrected chi connectivity index (χ4v) is 3.66. The smallest absolute Gasteiger partial charge is 0.148 e. The van der Waals surface area contributed by atoms with Gasteiger partial charge in [0.15, 0.2) is 0 Å². The summed E-state index contributed by atoms with van der Waals surface area (Å²) in [7, 11) is 0. The average molecular weight is 404 g/mol. The first-order chi connectivity index (χ1) is 12.7. The highest BCUT2D eigenvalue weighted by atomic mass is 35.5. The molecule has 156 valence electrons. The summed E-state index contributed by atoms with van der Waals surface area (Å²) in [6.07, 6.45) is 2.06. The van der Waals surface area contributed by atoms with Crippen molar-refractivity contribution in [3.8, 4) is 5.75 Å². The summed E-state index contributed by atoms with van der Waals surface area (Å²) in [4.78, 5) is 0. The molecular formula is C25H38ClNO. The van der Waals surface area contributed by atoms with E-state index in [9.17, 15) is 0 Å². The predicted octanol–water partition coefficient (Wildman–Crippen LogP) is 6.76. The van der Waals surface area contributed by atoms with Crippen molar-refractivity contribution in [1.82, 2.24) is 5.32 Å². The Morgan fingerprint density at radius 1 is 0.821 bits per heavy atom. The zero-order valence-electron chi connectivity index (χ0n) is 18.6. The molecule has 3 heteroatoms. The van der Waals surface area contributed by atoms with Gasteiger partial charge in [-0.1, -0.05) is 70.2 Å². The van der Waals surface area contributed by atoms with Crippen molar-refractivity contribution < 1.29 is 4.74 Å². The van der Waals surface area contributed by atoms with E-state index in [0.717, 1.165) is 18.6 Å². The fraction of sp³-hybridized carbons (Fsp3) is 0.520. The molecule has 2 nitrogen and oxygen atoms in total. The van der Waals surface area contributed by atoms with Crippen LogP contribution >= 0.6 is 12.4 Å². The monoisotopic (exact) mass is 403 g/mol. The summed E-state index contributed by atoms with van der Waals surface area (Å²) in [6, 6.07) is 17.1. The molecule has 0 fully saturated rings. The zero-order chi connectivity index (χ0) is 20.0. The molecule has 0 spiro atoms. The van der Waals surface area contributed by atoms with Crippen molar-refractivity contribution in [2.75, 3.05) is 0 Å². The standard InChI is InChI=1S/C25H37NO.ClH/c1-18(2)16-21-12-11-15-24(23(21)17-19(3)4)27-20(5)26-25(6,7)22-13-9-8-10-14-22;/h8-15,18-20,26H,16-17H2,1-7H3;1H. The summed E-state index contributed by atoms with van der Waals surface area (Å²) in [6.45, 7) is 15.6. The Morgan fingerprint density at radius 2 is 1.43 bits per heavy atom. The van der Waals surface area contributed by atoms with Crippen LogP contribution in [0.3, 0.4) is 0 Å². The van der Waals surface area contributed by atoms with Crippen molar-refractivity contribution in [3.05, 3.63) is 65.2 Å². The molecule has 0 saturated heterocycles. The minimum absolute atomic E-state index is 0. The van der Waals surface area contributed by atoms with Crippen LogP contribution in [0, 0.1) is 11.8 Å². The summed E-state index contributed by atoms with van der Waals surface area (Å²) in [5.41, 5.74) is 3.89. The van der Waals surface area contributed by atoms with E-state index in [1.165, 1.54) is 16.7 Å². The van der Waals surface area contributed by atoms with Crippen LogP contribution < -0.4 is 10.1 Å². The quantitative estimate of drug-likeness (QED) is 0.467. The van der Waals surface area contributed by atoms with Crippen molar-refractivity contribution >= 4 is 12.4 Å². The Morgan fingerprint density at radius 3 is 2.00 bits per heavy atom. The minimum Gasteiger partial charge on any atom is -0.475 e. The Hall–Kier alpha value is -1.51. The van der Waals surface area contributed by atoms with E-state index in [-0.39, 0.29) is 24.2 Å². The topological polar surface area (TPSA) is 21.3 Å². The molecule has 0 bridgehead atoms. The predicted molar refractivity (Wildman–Crippen MR) is 123 cm³/mol. The first-order valence-corrected chi connectivity index (χ1v) is 10.3. The van der Waals surface area contributed by atoms with Gasteiger partial charge in [0.05, 0.1) is 0 Å². The summed E-state index contributed by atoms with van der Waals surface area (Å²) >= 11 is 0. The lowest BCUT2D eigenvalue weighted by Gasteiger charge is -2.31. The van der Waals surface area contributed by atoms with Gasteiger partial charge in [-0.25, -0.2) is 0 Å². The van der Waals surface area contributed by atoms with Gasteiger partial charge in [0.1, 0.15) is 12.0 Å². The molecule has 28 heavy (non-hydrogen) atoms. The normalized spacial score (nSPS) is 12.8. The molecule has 0 aromatic heterocycles. The zero-order valence-corrected chi connectivity index (χ0v) is 19.4. The molecule has 0 aliphatic heterocycles. The molecule has 0 amide bonds. The van der Waals surface area contributed by atoms with E-state index < -0.39 is 0 Å². The summed E-state index contributed by atoms with van der Waals surface area (Å²) in [5.74, 6) is 2.26. The molecule has 2 aromatic rings. The lowest BCUT2D eigenvalue weighted by molar-refractivity contribution is 0.139. The first kappa shape index (κ1) is 24.5. The molecule has 1 unspecified atom stereocenters. The van der Waals surface area contributed by atoms with Gasteiger partial charge in [-0.2, -0.15) is 0 Å². The van der Waals surface area contributed by atoms with Gasteiger partial charge in [-0.05, 0) is 68.2 Å². The van der Waals surface area contributed by atoms with E-state index in [4.69, 9.17) is 4.74 Å². The Labute approximate surface area is 178 Å². The number of benzene rings is 2. The molecule has 1 N–H and O–H groups in total. The Bertz CT molecular complexity index is 710. The lowest BCUT2D eigenvalue weighted by Crippen LogP contribution is -2.45. The van der Waals surface area contributed by atoms with Crippen LogP contribution in [0.25, 0.3) is 0 Å². The van der Waals surface area contributed by atoms with E-state index in [0.29, 0.717) is 11.8 Å². The molecule has 0 saturated carbocycles. The van der Waals surface area contributed by atoms with Gasteiger partial charge in [-0.15, -0.1) is 12.4 Å². The third kappa shape index (κ3) is 7.14. The minimum atomic E-state index is -0.158. The third-order valence-corrected chi connectivity index (χ3v) is 4.83. The lowest BCUT2D eigenvalue weighted by atomic mass is 9.92. The van der Waals surface area contributed by atoms with Crippen molar-refractivity contribution in [2.24, 2.45) is 11.8 Å². The van der Waals surface area contributed by atoms with Gasteiger partial charge < -0.3 is 4.74 Å². The van der Waals surface area contributed by atoms with Crippen LogP contribution in [0.5, 0.6) is 5.75 Å². The van der Waals surface area contributed by atoms with Crippen molar-refractivity contribution in [2.45, 2.75) is 73.1 Å². The third-order valence-electron chi connectivity index (χ3n) is 4.83. The fourth-order valence-electron chi connectivity index (χ4n) is 3.66. The van der Waals surface area contributed by atoms with E-state index in [1.807, 2.05) is 0 Å². The van der Waals surface area contributed by atoms with E-state index in [2.05, 4.69) is 102 Å². The second-order valence-corrected chi connectivity index (χ2v) is 8.99. The number of halogens is 1. The number of hydrogen-bond acceptors (Lipinski definition) is 2. The van der Waals surface area contributed by atoms with Crippen LogP contribution in [0.1, 0.15) is 65.2 Å². The maximum absolute atomic E-state index is 6.41. The number of ether oxygens (including phenoxy) is 1. The molecule has 2 aromatic carbocycles. The summed E-state index contributed by atoms with van der Waals surface area (Å²) < 4.78 is 6.41. The molecule has 0 aliphatic rings. The SMILES string of the molecule is CC(C)Cc1cccc(OC(C)NC(C)(C)c2ccccc2)c1CC(C)C.Cl. The average Bonchev–Trinajstić information content (AvgIpc) is 2.57. The summed E-state index contributed by atoms with van der Waals surface area (Å²) in [5, 5.41) is 3.64. The van der Waals surface area contributed by atoms with Crippen LogP contribution in [0.2, 0.25) is 0 Å². The van der Waals surface area contributed by atoms with Gasteiger partial charge in [0.2, 0.25) is 0 Å². The van der Waals surface area contributed by atoms with Crippen LogP contribution in [-0.2, 0) is 18.4 Å². The Kier molecular flexibility index (Phi) is 9.53. The highest BCUT2D eigenvalue weighted by molar-refractivity contribution is 5.85. The van der Waals surface area contributed by atoms with Gasteiger partial charge in [0.25, 0.3) is 0 Å². The number of rotatable bonds is 9. The van der Waals surface area contributed by atoms with Crippen LogP contribution in [-0.4, -0.2) is 6.23 Å². The number of nitrogens with one attached hydrogen (secondary N) is 1.